The van der Waals surface area contributed by atoms with Crippen molar-refractivity contribution in [3.63, 3.8) is 0 Å². The SMILES string of the molecule is COc1ccc(CNC(=O)c2sc3c(cnc4cc5c(cc43)OCO5)c2-c2ccccc2)cc1. The number of benzene rings is 3. The van der Waals surface area contributed by atoms with Crippen LogP contribution in [-0.4, -0.2) is 24.8 Å². The Bertz CT molecular complexity index is 1530. The summed E-state index contributed by atoms with van der Waals surface area (Å²) in [7, 11) is 1.63. The molecule has 6 rings (SSSR count). The lowest BCUT2D eigenvalue weighted by atomic mass is 10.0. The molecule has 7 heteroatoms. The van der Waals surface area contributed by atoms with Crippen LogP contribution in [0.15, 0.2) is 72.9 Å². The molecule has 0 radical (unpaired) electrons. The van der Waals surface area contributed by atoms with Crippen LogP contribution in [0.2, 0.25) is 0 Å². The fourth-order valence-electron chi connectivity index (χ4n) is 4.18. The number of thiophene rings is 1. The maximum absolute atomic E-state index is 13.4. The molecule has 2 aromatic heterocycles. The second kappa shape index (κ2) is 8.35. The largest absolute Gasteiger partial charge is 0.497 e. The van der Waals surface area contributed by atoms with Crippen LogP contribution in [0.25, 0.3) is 32.1 Å². The number of nitrogens with one attached hydrogen (secondary N) is 1. The molecule has 168 valence electrons. The number of amides is 1. The highest BCUT2D eigenvalue weighted by molar-refractivity contribution is 7.22. The fraction of sp³-hybridized carbons (Fsp3) is 0.111. The van der Waals surface area contributed by atoms with Gasteiger partial charge in [-0.3, -0.25) is 9.78 Å². The molecule has 0 unspecified atom stereocenters. The van der Waals surface area contributed by atoms with Gasteiger partial charge in [0.2, 0.25) is 6.79 Å². The predicted molar refractivity (Wildman–Crippen MR) is 133 cm³/mol. The van der Waals surface area contributed by atoms with E-state index in [9.17, 15) is 4.79 Å². The minimum Gasteiger partial charge on any atom is -0.497 e. The maximum Gasteiger partial charge on any atom is 0.262 e. The van der Waals surface area contributed by atoms with Crippen LogP contribution in [0, 0.1) is 0 Å². The van der Waals surface area contributed by atoms with Crippen molar-refractivity contribution in [1.82, 2.24) is 10.3 Å². The molecule has 0 aliphatic carbocycles. The van der Waals surface area contributed by atoms with Crippen molar-refractivity contribution in [1.29, 1.82) is 0 Å². The molecule has 0 atom stereocenters. The average molecular weight is 469 g/mol. The third-order valence-corrected chi connectivity index (χ3v) is 7.13. The van der Waals surface area contributed by atoms with E-state index in [1.54, 1.807) is 7.11 Å². The van der Waals surface area contributed by atoms with Gasteiger partial charge in [-0.25, -0.2) is 0 Å². The number of nitrogens with zero attached hydrogens (tertiary/aromatic N) is 1. The molecule has 5 aromatic rings. The van der Waals surface area contributed by atoms with Crippen LogP contribution < -0.4 is 19.5 Å². The maximum atomic E-state index is 13.4. The summed E-state index contributed by atoms with van der Waals surface area (Å²) in [5.41, 5.74) is 3.67. The quantitative estimate of drug-likeness (QED) is 0.354. The third-order valence-electron chi connectivity index (χ3n) is 5.89. The number of hydrogen-bond acceptors (Lipinski definition) is 6. The topological polar surface area (TPSA) is 69.7 Å². The number of carbonyl (C=O) groups excluding carboxylic acids is 1. The third kappa shape index (κ3) is 3.50. The van der Waals surface area contributed by atoms with Gasteiger partial charge in [0.05, 0.1) is 12.6 Å². The van der Waals surface area contributed by atoms with E-state index in [2.05, 4.69) is 10.3 Å². The highest BCUT2D eigenvalue weighted by Gasteiger charge is 2.23. The second-order valence-corrected chi connectivity index (χ2v) is 8.95. The molecule has 34 heavy (non-hydrogen) atoms. The summed E-state index contributed by atoms with van der Waals surface area (Å²) in [5, 5.41) is 4.96. The fourth-order valence-corrected chi connectivity index (χ4v) is 5.42. The molecule has 1 N–H and O–H groups in total. The molecule has 0 saturated heterocycles. The normalized spacial score (nSPS) is 12.3. The number of rotatable bonds is 5. The number of aromatic nitrogens is 1. The molecule has 0 spiro atoms. The highest BCUT2D eigenvalue weighted by atomic mass is 32.1. The van der Waals surface area contributed by atoms with Crippen molar-refractivity contribution in [3.8, 4) is 28.4 Å². The van der Waals surface area contributed by atoms with E-state index in [1.807, 2.05) is 72.9 Å². The molecular formula is C27H20N2O4S. The van der Waals surface area contributed by atoms with Crippen molar-refractivity contribution in [2.24, 2.45) is 0 Å². The van der Waals surface area contributed by atoms with E-state index in [4.69, 9.17) is 14.2 Å². The molecule has 6 nitrogen and oxygen atoms in total. The minimum atomic E-state index is -0.121. The van der Waals surface area contributed by atoms with E-state index in [0.29, 0.717) is 22.9 Å². The van der Waals surface area contributed by atoms with Gasteiger partial charge in [-0.2, -0.15) is 0 Å². The zero-order valence-electron chi connectivity index (χ0n) is 18.3. The van der Waals surface area contributed by atoms with Crippen molar-refractivity contribution in [2.45, 2.75) is 6.54 Å². The monoisotopic (exact) mass is 468 g/mol. The van der Waals surface area contributed by atoms with Gasteiger partial charge >= 0.3 is 0 Å². The van der Waals surface area contributed by atoms with Gasteiger partial charge in [-0.15, -0.1) is 11.3 Å². The zero-order chi connectivity index (χ0) is 23.1. The molecule has 1 aliphatic heterocycles. The van der Waals surface area contributed by atoms with Gasteiger partial charge in [0.15, 0.2) is 11.5 Å². The molecule has 1 aliphatic rings. The Hall–Kier alpha value is -4.10. The summed E-state index contributed by atoms with van der Waals surface area (Å²) in [6, 6.07) is 21.5. The van der Waals surface area contributed by atoms with Crippen molar-refractivity contribution >= 4 is 38.2 Å². The Labute approximate surface area is 199 Å². The first-order valence-electron chi connectivity index (χ1n) is 10.8. The van der Waals surface area contributed by atoms with E-state index >= 15 is 0 Å². The molecule has 0 saturated carbocycles. The van der Waals surface area contributed by atoms with Gasteiger partial charge < -0.3 is 19.5 Å². The summed E-state index contributed by atoms with van der Waals surface area (Å²) in [5.74, 6) is 2.05. The van der Waals surface area contributed by atoms with E-state index in [0.717, 1.165) is 43.4 Å². The second-order valence-electron chi connectivity index (χ2n) is 7.93. The summed E-state index contributed by atoms with van der Waals surface area (Å²) in [6.45, 7) is 0.622. The first kappa shape index (κ1) is 20.5. The summed E-state index contributed by atoms with van der Waals surface area (Å²) >= 11 is 1.47. The van der Waals surface area contributed by atoms with Gasteiger partial charge in [0, 0.05) is 39.8 Å². The Morgan fingerprint density at radius 2 is 1.79 bits per heavy atom. The summed E-state index contributed by atoms with van der Waals surface area (Å²) in [6.07, 6.45) is 1.85. The summed E-state index contributed by atoms with van der Waals surface area (Å²) in [4.78, 5) is 18.8. The molecule has 0 fully saturated rings. The van der Waals surface area contributed by atoms with Gasteiger partial charge in [0.25, 0.3) is 5.91 Å². The molecule has 3 aromatic carbocycles. The number of carbonyl (C=O) groups is 1. The van der Waals surface area contributed by atoms with Crippen LogP contribution in [0.5, 0.6) is 17.2 Å². The average Bonchev–Trinajstić information content (AvgIpc) is 3.51. The molecule has 3 heterocycles. The zero-order valence-corrected chi connectivity index (χ0v) is 19.1. The molecular weight excluding hydrogens is 448 g/mol. The number of hydrogen-bond donors (Lipinski definition) is 1. The van der Waals surface area contributed by atoms with Gasteiger partial charge in [-0.05, 0) is 29.3 Å². The van der Waals surface area contributed by atoms with Crippen molar-refractivity contribution < 1.29 is 19.0 Å². The number of methoxy groups -OCH3 is 1. The lowest BCUT2D eigenvalue weighted by Crippen LogP contribution is -2.22. The van der Waals surface area contributed by atoms with Gasteiger partial charge in [0.1, 0.15) is 10.6 Å². The first-order valence-corrected chi connectivity index (χ1v) is 11.6. The summed E-state index contributed by atoms with van der Waals surface area (Å²) < 4.78 is 17.3. The predicted octanol–water partition coefficient (Wildman–Crippen LogP) is 5.78. The van der Waals surface area contributed by atoms with Crippen molar-refractivity contribution in [2.75, 3.05) is 13.9 Å². The molecule has 0 bridgehead atoms. The van der Waals surface area contributed by atoms with Gasteiger partial charge in [-0.1, -0.05) is 42.5 Å². The number of pyridine rings is 1. The first-order chi connectivity index (χ1) is 16.7. The van der Waals surface area contributed by atoms with Crippen LogP contribution in [0.3, 0.4) is 0 Å². The Morgan fingerprint density at radius 1 is 1.03 bits per heavy atom. The lowest BCUT2D eigenvalue weighted by molar-refractivity contribution is 0.0955. The van der Waals surface area contributed by atoms with Crippen LogP contribution in [0.4, 0.5) is 0 Å². The number of ether oxygens (including phenoxy) is 3. The van der Waals surface area contributed by atoms with Crippen LogP contribution >= 0.6 is 11.3 Å². The highest BCUT2D eigenvalue weighted by Crippen LogP contribution is 2.44. The Balaban J connectivity index is 1.45. The van der Waals surface area contributed by atoms with E-state index < -0.39 is 0 Å². The Kier molecular flexibility index (Phi) is 5.04. The van der Waals surface area contributed by atoms with E-state index in [1.165, 1.54) is 11.3 Å². The van der Waals surface area contributed by atoms with Crippen LogP contribution in [-0.2, 0) is 6.54 Å². The van der Waals surface area contributed by atoms with Crippen molar-refractivity contribution in [3.05, 3.63) is 83.4 Å². The lowest BCUT2D eigenvalue weighted by Gasteiger charge is -2.08. The molecule has 1 amide bonds. The Morgan fingerprint density at radius 3 is 2.56 bits per heavy atom. The van der Waals surface area contributed by atoms with E-state index in [-0.39, 0.29) is 12.7 Å². The minimum absolute atomic E-state index is 0.121. The van der Waals surface area contributed by atoms with Crippen LogP contribution in [0.1, 0.15) is 15.2 Å². The smallest absolute Gasteiger partial charge is 0.262 e. The standard InChI is InChI=1S/C27H20N2O4S/c1-31-18-9-7-16(8-10-18)13-29-27(30)26-24(17-5-3-2-4-6-17)20-14-28-21-12-23-22(32-15-33-23)11-19(21)25(20)34-26/h2-12,14H,13,15H2,1H3,(H,29,30). The number of fused-ring (bicyclic) bond motifs is 4.